The van der Waals surface area contributed by atoms with Crippen molar-refractivity contribution in [3.05, 3.63) is 164 Å². The molecule has 0 atom stereocenters. The molecule has 0 aliphatic carbocycles. The number of para-hydroxylation sites is 1. The van der Waals surface area contributed by atoms with Gasteiger partial charge in [-0.15, -0.1) is 0 Å². The molecule has 9 aromatic rings. The van der Waals surface area contributed by atoms with Crippen LogP contribution in [0.2, 0.25) is 0 Å². The molecule has 9 rings (SSSR count). The maximum Gasteiger partial charge on any atom is 0.164 e. The average molecular weight is 602 g/mol. The number of furan rings is 1. The summed E-state index contributed by atoms with van der Waals surface area (Å²) in [5.74, 6) is 1.94. The summed E-state index contributed by atoms with van der Waals surface area (Å²) in [5.41, 5.74) is 9.21. The lowest BCUT2D eigenvalue weighted by molar-refractivity contribution is 0.669. The molecule has 0 spiro atoms. The van der Waals surface area contributed by atoms with Crippen molar-refractivity contribution in [3.8, 4) is 56.4 Å². The Morgan fingerprint density at radius 2 is 0.872 bits per heavy atom. The van der Waals surface area contributed by atoms with Gasteiger partial charge < -0.3 is 4.42 Å². The molecule has 0 saturated carbocycles. The summed E-state index contributed by atoms with van der Waals surface area (Å²) >= 11 is 0. The topological polar surface area (TPSA) is 51.8 Å². The Balaban J connectivity index is 1.15. The molecule has 0 bridgehead atoms. The highest BCUT2D eigenvalue weighted by Crippen LogP contribution is 2.37. The zero-order valence-electron chi connectivity index (χ0n) is 25.3. The molecule has 220 valence electrons. The Morgan fingerprint density at radius 1 is 0.319 bits per heavy atom. The normalized spacial score (nSPS) is 11.4. The maximum absolute atomic E-state index is 6.15. The molecule has 0 saturated heterocycles. The summed E-state index contributed by atoms with van der Waals surface area (Å²) in [6.45, 7) is 0. The zero-order chi connectivity index (χ0) is 31.2. The summed E-state index contributed by atoms with van der Waals surface area (Å²) in [6, 6.07) is 56.5. The van der Waals surface area contributed by atoms with E-state index in [-0.39, 0.29) is 0 Å². The van der Waals surface area contributed by atoms with E-state index in [1.165, 1.54) is 5.39 Å². The van der Waals surface area contributed by atoms with Crippen LogP contribution in [0.5, 0.6) is 0 Å². The Labute approximate surface area is 271 Å². The van der Waals surface area contributed by atoms with E-state index in [2.05, 4.69) is 91.0 Å². The molecule has 47 heavy (non-hydrogen) atoms. The highest BCUT2D eigenvalue weighted by molar-refractivity contribution is 6.10. The maximum atomic E-state index is 6.15. The molecule has 0 aliphatic rings. The van der Waals surface area contributed by atoms with Gasteiger partial charge in [0, 0.05) is 27.5 Å². The monoisotopic (exact) mass is 601 g/mol. The Hall–Kier alpha value is -6.39. The Bertz CT molecular complexity index is 2510. The predicted molar refractivity (Wildman–Crippen MR) is 192 cm³/mol. The van der Waals surface area contributed by atoms with Gasteiger partial charge in [0.05, 0.1) is 0 Å². The van der Waals surface area contributed by atoms with Gasteiger partial charge in [-0.05, 0) is 63.4 Å². The van der Waals surface area contributed by atoms with Crippen LogP contribution in [-0.4, -0.2) is 15.0 Å². The van der Waals surface area contributed by atoms with Crippen molar-refractivity contribution < 1.29 is 4.42 Å². The minimum atomic E-state index is 0.638. The number of fused-ring (bicyclic) bond motifs is 4. The van der Waals surface area contributed by atoms with Crippen LogP contribution < -0.4 is 0 Å². The number of benzene rings is 7. The van der Waals surface area contributed by atoms with Crippen LogP contribution in [0.25, 0.3) is 89.1 Å². The van der Waals surface area contributed by atoms with Gasteiger partial charge in [-0.2, -0.15) is 0 Å². The van der Waals surface area contributed by atoms with E-state index in [0.29, 0.717) is 17.5 Å². The summed E-state index contributed by atoms with van der Waals surface area (Å²) in [6.07, 6.45) is 0. The molecule has 2 heterocycles. The van der Waals surface area contributed by atoms with Crippen molar-refractivity contribution in [2.45, 2.75) is 0 Å². The van der Waals surface area contributed by atoms with Crippen LogP contribution in [0.4, 0.5) is 0 Å². The van der Waals surface area contributed by atoms with Crippen LogP contribution in [0.15, 0.2) is 168 Å². The first kappa shape index (κ1) is 27.0. The lowest BCUT2D eigenvalue weighted by atomic mass is 9.92. The van der Waals surface area contributed by atoms with Crippen LogP contribution in [0, 0.1) is 0 Å². The van der Waals surface area contributed by atoms with Gasteiger partial charge in [0.1, 0.15) is 11.2 Å². The van der Waals surface area contributed by atoms with Crippen LogP contribution in [0.3, 0.4) is 0 Å². The number of rotatable bonds is 5. The SMILES string of the molecule is c1ccc(-c2nc(-c3ccccc3)nc(-c3cccc(-c4ccccc4-c4ccc5cc6oc7ccccc7c6cc5c4)c3)n2)cc1. The first-order valence-electron chi connectivity index (χ1n) is 15.7. The number of nitrogens with zero attached hydrogens (tertiary/aromatic N) is 3. The third-order valence-electron chi connectivity index (χ3n) is 8.71. The fourth-order valence-corrected chi connectivity index (χ4v) is 6.39. The number of hydrogen-bond donors (Lipinski definition) is 0. The van der Waals surface area contributed by atoms with Crippen molar-refractivity contribution in [3.63, 3.8) is 0 Å². The second-order valence-electron chi connectivity index (χ2n) is 11.7. The van der Waals surface area contributed by atoms with Crippen LogP contribution in [-0.2, 0) is 0 Å². The van der Waals surface area contributed by atoms with Crippen molar-refractivity contribution in [2.24, 2.45) is 0 Å². The standard InChI is InChI=1S/C43H27N3O/c1-3-12-28(13-4-1)41-44-42(29-14-5-2-6-15-29)46-43(45-41)33-17-11-16-31(24-33)35-18-7-8-19-36(35)32-23-22-30-27-40-38(26-34(30)25-32)37-20-9-10-21-39(37)47-40/h1-27H. The molecule has 0 amide bonds. The van der Waals surface area contributed by atoms with E-state index in [1.807, 2.05) is 72.8 Å². The molecule has 0 unspecified atom stereocenters. The van der Waals surface area contributed by atoms with Gasteiger partial charge in [0.15, 0.2) is 17.5 Å². The molecular weight excluding hydrogens is 574 g/mol. The summed E-state index contributed by atoms with van der Waals surface area (Å²) in [4.78, 5) is 14.8. The minimum Gasteiger partial charge on any atom is -0.456 e. The molecule has 4 nitrogen and oxygen atoms in total. The first-order chi connectivity index (χ1) is 23.3. The summed E-state index contributed by atoms with van der Waals surface area (Å²) in [5, 5.41) is 4.60. The average Bonchev–Trinajstić information content (AvgIpc) is 3.51. The zero-order valence-corrected chi connectivity index (χ0v) is 25.3. The molecule has 0 N–H and O–H groups in total. The molecular formula is C43H27N3O. The molecule has 0 fully saturated rings. The fraction of sp³-hybridized carbons (Fsp3) is 0. The van der Waals surface area contributed by atoms with Gasteiger partial charge >= 0.3 is 0 Å². The lowest BCUT2D eigenvalue weighted by Gasteiger charge is -2.13. The third kappa shape index (κ3) is 4.93. The predicted octanol–water partition coefficient (Wildman–Crippen LogP) is 11.3. The lowest BCUT2D eigenvalue weighted by Crippen LogP contribution is -2.00. The highest BCUT2D eigenvalue weighted by Gasteiger charge is 2.15. The number of hydrogen-bond acceptors (Lipinski definition) is 4. The molecule has 7 aromatic carbocycles. The van der Waals surface area contributed by atoms with Crippen molar-refractivity contribution in [1.82, 2.24) is 15.0 Å². The highest BCUT2D eigenvalue weighted by atomic mass is 16.3. The van der Waals surface area contributed by atoms with Crippen LogP contribution in [0.1, 0.15) is 0 Å². The van der Waals surface area contributed by atoms with Crippen LogP contribution >= 0.6 is 0 Å². The Morgan fingerprint density at radius 3 is 1.57 bits per heavy atom. The summed E-state index contributed by atoms with van der Waals surface area (Å²) < 4.78 is 6.15. The minimum absolute atomic E-state index is 0.638. The van der Waals surface area contributed by atoms with Gasteiger partial charge in [-0.25, -0.2) is 15.0 Å². The second-order valence-corrected chi connectivity index (χ2v) is 11.7. The van der Waals surface area contributed by atoms with E-state index >= 15 is 0 Å². The van der Waals surface area contributed by atoms with E-state index in [4.69, 9.17) is 19.4 Å². The van der Waals surface area contributed by atoms with Crippen molar-refractivity contribution >= 4 is 32.7 Å². The fourth-order valence-electron chi connectivity index (χ4n) is 6.39. The van der Waals surface area contributed by atoms with E-state index in [9.17, 15) is 0 Å². The van der Waals surface area contributed by atoms with Gasteiger partial charge in [0.2, 0.25) is 0 Å². The first-order valence-corrected chi connectivity index (χ1v) is 15.7. The summed E-state index contributed by atoms with van der Waals surface area (Å²) in [7, 11) is 0. The molecule has 0 radical (unpaired) electrons. The van der Waals surface area contributed by atoms with Gasteiger partial charge in [-0.3, -0.25) is 0 Å². The molecule has 2 aromatic heterocycles. The number of aromatic nitrogens is 3. The van der Waals surface area contributed by atoms with Gasteiger partial charge in [-0.1, -0.05) is 133 Å². The Kier molecular flexibility index (Phi) is 6.43. The van der Waals surface area contributed by atoms with E-state index < -0.39 is 0 Å². The smallest absolute Gasteiger partial charge is 0.164 e. The van der Waals surface area contributed by atoms with Crippen molar-refractivity contribution in [2.75, 3.05) is 0 Å². The van der Waals surface area contributed by atoms with Gasteiger partial charge in [0.25, 0.3) is 0 Å². The van der Waals surface area contributed by atoms with E-state index in [0.717, 1.165) is 66.3 Å². The second kappa shape index (κ2) is 11.2. The molecule has 0 aliphatic heterocycles. The third-order valence-corrected chi connectivity index (χ3v) is 8.71. The molecule has 4 heteroatoms. The van der Waals surface area contributed by atoms with Crippen molar-refractivity contribution in [1.29, 1.82) is 0 Å². The van der Waals surface area contributed by atoms with E-state index in [1.54, 1.807) is 0 Å². The largest absolute Gasteiger partial charge is 0.456 e. The quantitative estimate of drug-likeness (QED) is 0.197.